The van der Waals surface area contributed by atoms with Crippen LogP contribution in [0.4, 0.5) is 0 Å². The number of carbonyl (C=O) groups is 2. The van der Waals surface area contributed by atoms with Crippen molar-refractivity contribution >= 4 is 11.8 Å². The molecule has 23 heavy (non-hydrogen) atoms. The van der Waals surface area contributed by atoms with E-state index in [4.69, 9.17) is 4.74 Å². The van der Waals surface area contributed by atoms with Crippen molar-refractivity contribution in [2.24, 2.45) is 5.41 Å². The van der Waals surface area contributed by atoms with Gasteiger partial charge in [-0.1, -0.05) is 26.0 Å². The van der Waals surface area contributed by atoms with Gasteiger partial charge in [0.15, 0.2) is 5.78 Å². The number of benzene rings is 1. The Morgan fingerprint density at radius 3 is 2.61 bits per heavy atom. The number of Topliss-reactive ketones (excluding diaryl/α,β-unsaturated/α-hetero) is 1. The van der Waals surface area contributed by atoms with Crippen LogP contribution in [0.2, 0.25) is 0 Å². The molecule has 0 spiro atoms. The molecule has 118 valence electrons. The molecule has 1 heterocycles. The first-order valence-electron chi connectivity index (χ1n) is 7.71. The van der Waals surface area contributed by atoms with Crippen LogP contribution in [-0.4, -0.2) is 16.7 Å². The van der Waals surface area contributed by atoms with E-state index >= 15 is 0 Å². The van der Waals surface area contributed by atoms with Crippen molar-refractivity contribution in [1.82, 2.24) is 4.98 Å². The maximum absolute atomic E-state index is 12.5. The van der Waals surface area contributed by atoms with Gasteiger partial charge in [-0.3, -0.25) is 14.6 Å². The second-order valence-corrected chi connectivity index (χ2v) is 6.49. The van der Waals surface area contributed by atoms with Crippen LogP contribution >= 0.6 is 0 Å². The highest BCUT2D eigenvalue weighted by Gasteiger charge is 2.34. The minimum Gasteiger partial charge on any atom is -0.426 e. The van der Waals surface area contributed by atoms with E-state index in [0.29, 0.717) is 17.0 Å². The summed E-state index contributed by atoms with van der Waals surface area (Å²) in [7, 11) is 0. The largest absolute Gasteiger partial charge is 0.426 e. The Balaban J connectivity index is 2.04. The van der Waals surface area contributed by atoms with E-state index in [1.165, 1.54) is 6.92 Å². The number of fused-ring (bicyclic) bond motifs is 1. The summed E-state index contributed by atoms with van der Waals surface area (Å²) in [6.07, 6.45) is 1.57. The first kappa shape index (κ1) is 15.4. The molecular weight excluding hydrogens is 290 g/mol. The van der Waals surface area contributed by atoms with Crippen LogP contribution in [0.3, 0.4) is 0 Å². The molecule has 0 saturated carbocycles. The second-order valence-electron chi connectivity index (χ2n) is 6.49. The highest BCUT2D eigenvalue weighted by molar-refractivity contribution is 6.02. The minimum absolute atomic E-state index is 0.145. The van der Waals surface area contributed by atoms with Crippen molar-refractivity contribution in [3.8, 4) is 17.0 Å². The second kappa shape index (κ2) is 5.61. The first-order valence-corrected chi connectivity index (χ1v) is 7.71. The summed E-state index contributed by atoms with van der Waals surface area (Å²) in [5.41, 5.74) is 2.67. The van der Waals surface area contributed by atoms with Gasteiger partial charge in [0, 0.05) is 23.5 Å². The van der Waals surface area contributed by atoms with Crippen molar-refractivity contribution in [2.45, 2.75) is 33.6 Å². The van der Waals surface area contributed by atoms with Gasteiger partial charge in [0.25, 0.3) is 0 Å². The monoisotopic (exact) mass is 309 g/mol. The average molecular weight is 309 g/mol. The Kier molecular flexibility index (Phi) is 3.76. The number of ether oxygens (including phenoxy) is 1. The lowest BCUT2D eigenvalue weighted by Crippen LogP contribution is -2.31. The Bertz CT molecular complexity index is 793. The van der Waals surface area contributed by atoms with Crippen LogP contribution in [-0.2, 0) is 11.2 Å². The summed E-state index contributed by atoms with van der Waals surface area (Å²) in [6.45, 7) is 5.32. The van der Waals surface area contributed by atoms with Crippen molar-refractivity contribution in [2.75, 3.05) is 0 Å². The molecule has 0 atom stereocenters. The number of nitrogens with zero attached hydrogens (tertiary/aromatic N) is 1. The molecule has 3 rings (SSSR count). The molecule has 0 unspecified atom stereocenters. The zero-order valence-electron chi connectivity index (χ0n) is 13.6. The van der Waals surface area contributed by atoms with Gasteiger partial charge in [-0.2, -0.15) is 0 Å². The van der Waals surface area contributed by atoms with E-state index in [1.807, 2.05) is 44.2 Å². The Labute approximate surface area is 135 Å². The van der Waals surface area contributed by atoms with Gasteiger partial charge in [0.1, 0.15) is 5.75 Å². The number of para-hydroxylation sites is 1. The number of esters is 1. The summed E-state index contributed by atoms with van der Waals surface area (Å²) in [6, 6.07) is 10.9. The molecule has 0 fully saturated rings. The van der Waals surface area contributed by atoms with Crippen LogP contribution in [0.5, 0.6) is 5.75 Å². The fraction of sp³-hybridized carbons (Fsp3) is 0.316. The fourth-order valence-electron chi connectivity index (χ4n) is 2.88. The van der Waals surface area contributed by atoms with E-state index in [2.05, 4.69) is 4.98 Å². The molecule has 0 N–H and O–H groups in total. The molecule has 1 aliphatic rings. The summed E-state index contributed by atoms with van der Waals surface area (Å²) < 4.78 is 5.25. The van der Waals surface area contributed by atoms with E-state index in [1.54, 1.807) is 6.07 Å². The van der Waals surface area contributed by atoms with Crippen molar-refractivity contribution in [1.29, 1.82) is 0 Å². The molecule has 1 aromatic heterocycles. The van der Waals surface area contributed by atoms with Crippen LogP contribution in [0.25, 0.3) is 11.3 Å². The number of carbonyl (C=O) groups excluding carboxylic acids is 2. The number of aryl methyl sites for hydroxylation is 1. The van der Waals surface area contributed by atoms with Gasteiger partial charge in [0.2, 0.25) is 0 Å². The lowest BCUT2D eigenvalue weighted by Gasteiger charge is -2.29. The smallest absolute Gasteiger partial charge is 0.308 e. The molecule has 0 radical (unpaired) electrons. The quantitative estimate of drug-likeness (QED) is 0.625. The molecule has 0 bridgehead atoms. The van der Waals surface area contributed by atoms with Gasteiger partial charge in [-0.05, 0) is 37.1 Å². The van der Waals surface area contributed by atoms with Crippen molar-refractivity contribution in [3.05, 3.63) is 47.7 Å². The normalized spacial score (nSPS) is 15.9. The van der Waals surface area contributed by atoms with E-state index < -0.39 is 0 Å². The molecule has 2 aromatic rings. The maximum Gasteiger partial charge on any atom is 0.308 e. The van der Waals surface area contributed by atoms with E-state index in [9.17, 15) is 9.59 Å². The summed E-state index contributed by atoms with van der Waals surface area (Å²) in [4.78, 5) is 28.4. The van der Waals surface area contributed by atoms with Gasteiger partial charge in [-0.15, -0.1) is 0 Å². The zero-order valence-corrected chi connectivity index (χ0v) is 13.6. The number of hydrogen-bond donors (Lipinski definition) is 0. The van der Waals surface area contributed by atoms with E-state index in [-0.39, 0.29) is 17.2 Å². The number of rotatable bonds is 2. The predicted molar refractivity (Wildman–Crippen MR) is 87.4 cm³/mol. The maximum atomic E-state index is 12.5. The van der Waals surface area contributed by atoms with Crippen molar-refractivity contribution < 1.29 is 14.3 Å². The Hall–Kier alpha value is -2.49. The molecule has 4 nitrogen and oxygen atoms in total. The average Bonchev–Trinajstić information content (AvgIpc) is 2.51. The summed E-state index contributed by atoms with van der Waals surface area (Å²) >= 11 is 0. The summed E-state index contributed by atoms with van der Waals surface area (Å²) in [5, 5.41) is 0. The number of ketones is 1. The Morgan fingerprint density at radius 2 is 1.87 bits per heavy atom. The SMILES string of the molecule is CC(=O)Oc1ccccc1-c1ccc2c(n1)CCC(C)(C)C2=O. The fourth-order valence-corrected chi connectivity index (χ4v) is 2.88. The van der Waals surface area contributed by atoms with Gasteiger partial charge >= 0.3 is 5.97 Å². The number of aromatic nitrogens is 1. The first-order chi connectivity index (χ1) is 10.9. The molecule has 0 aliphatic heterocycles. The summed E-state index contributed by atoms with van der Waals surface area (Å²) in [5.74, 6) is 0.258. The predicted octanol–water partition coefficient (Wildman–Crippen LogP) is 3.83. The third-order valence-electron chi connectivity index (χ3n) is 4.24. The third-order valence-corrected chi connectivity index (χ3v) is 4.24. The van der Waals surface area contributed by atoms with Crippen LogP contribution in [0, 0.1) is 5.41 Å². The molecule has 0 saturated heterocycles. The standard InChI is InChI=1S/C19H19NO3/c1-12(21)23-17-7-5-4-6-13(17)15-9-8-14-16(20-15)10-11-19(2,3)18(14)22/h4-9H,10-11H2,1-3H3. The number of pyridine rings is 1. The van der Waals surface area contributed by atoms with Gasteiger partial charge in [0.05, 0.1) is 11.4 Å². The number of hydrogen-bond acceptors (Lipinski definition) is 4. The lowest BCUT2D eigenvalue weighted by molar-refractivity contribution is -0.131. The van der Waals surface area contributed by atoms with Crippen LogP contribution in [0.15, 0.2) is 36.4 Å². The lowest BCUT2D eigenvalue weighted by atomic mass is 9.75. The van der Waals surface area contributed by atoms with Crippen LogP contribution in [0.1, 0.15) is 43.2 Å². The molecule has 4 heteroatoms. The highest BCUT2D eigenvalue weighted by Crippen LogP contribution is 2.36. The third kappa shape index (κ3) is 2.89. The van der Waals surface area contributed by atoms with Gasteiger partial charge < -0.3 is 4.74 Å². The molecule has 0 amide bonds. The zero-order chi connectivity index (χ0) is 16.6. The topological polar surface area (TPSA) is 56.3 Å². The molecule has 1 aromatic carbocycles. The van der Waals surface area contributed by atoms with E-state index in [0.717, 1.165) is 24.1 Å². The molecule has 1 aliphatic carbocycles. The highest BCUT2D eigenvalue weighted by atomic mass is 16.5. The van der Waals surface area contributed by atoms with Crippen LogP contribution < -0.4 is 4.74 Å². The minimum atomic E-state index is -0.368. The van der Waals surface area contributed by atoms with Gasteiger partial charge in [-0.25, -0.2) is 0 Å². The van der Waals surface area contributed by atoms with Crippen molar-refractivity contribution in [3.63, 3.8) is 0 Å². The molecular formula is C19H19NO3. The Morgan fingerprint density at radius 1 is 1.13 bits per heavy atom.